The molecule has 1 unspecified atom stereocenters. The molecular weight excluding hydrogens is 819 g/mol. The second kappa shape index (κ2) is 31.2. The van der Waals surface area contributed by atoms with E-state index in [4.69, 9.17) is 23.7 Å². The average Bonchev–Trinajstić information content (AvgIpc) is 3.67. The molecular formula is C59H105NO6. The molecule has 3 saturated carbocycles. The van der Waals surface area contributed by atoms with Crippen molar-refractivity contribution in [3.8, 4) is 0 Å². The molecule has 382 valence electrons. The van der Waals surface area contributed by atoms with Crippen molar-refractivity contribution in [2.45, 2.75) is 234 Å². The molecule has 0 bridgehead atoms. The van der Waals surface area contributed by atoms with E-state index in [9.17, 15) is 4.79 Å². The zero-order valence-electron chi connectivity index (χ0n) is 44.1. The number of esters is 1. The number of nitrogens with zero attached hydrogens (tertiary/aromatic N) is 1. The molecule has 1 aliphatic heterocycles. The number of likely N-dealkylation sites (tertiary alicyclic amines) is 1. The highest BCUT2D eigenvalue weighted by atomic mass is 16.6. The summed E-state index contributed by atoms with van der Waals surface area (Å²) in [6, 6.07) is 0. The number of fused-ring (bicyclic) bond motifs is 5. The topological polar surface area (TPSA) is 66.5 Å². The van der Waals surface area contributed by atoms with Crippen LogP contribution in [0.3, 0.4) is 0 Å². The molecule has 0 aromatic rings. The second-order valence-electron chi connectivity index (χ2n) is 23.2. The highest BCUT2D eigenvalue weighted by Crippen LogP contribution is 2.67. The lowest BCUT2D eigenvalue weighted by Crippen LogP contribution is -2.51. The van der Waals surface area contributed by atoms with Gasteiger partial charge in [-0.1, -0.05) is 149 Å². The van der Waals surface area contributed by atoms with Crippen LogP contribution in [0.2, 0.25) is 0 Å². The van der Waals surface area contributed by atoms with Crippen LogP contribution in [0.5, 0.6) is 0 Å². The van der Waals surface area contributed by atoms with Gasteiger partial charge in [0.1, 0.15) is 13.2 Å². The Hall–Kier alpha value is -1.25. The lowest BCUT2D eigenvalue weighted by Gasteiger charge is -2.58. The summed E-state index contributed by atoms with van der Waals surface area (Å²) in [4.78, 5) is 15.3. The van der Waals surface area contributed by atoms with Crippen molar-refractivity contribution in [1.29, 1.82) is 0 Å². The summed E-state index contributed by atoms with van der Waals surface area (Å²) in [5.41, 5.74) is 2.42. The van der Waals surface area contributed by atoms with Crippen LogP contribution in [0.1, 0.15) is 221 Å². The predicted octanol–water partition coefficient (Wildman–Crippen LogP) is 14.9. The maximum atomic E-state index is 12.7. The van der Waals surface area contributed by atoms with E-state index in [1.54, 1.807) is 5.57 Å². The number of carbonyl (C=O) groups is 1. The van der Waals surface area contributed by atoms with E-state index in [1.807, 2.05) is 0 Å². The largest absolute Gasteiger partial charge is 0.462 e. The summed E-state index contributed by atoms with van der Waals surface area (Å²) >= 11 is 0. The first-order valence-electron chi connectivity index (χ1n) is 28.7. The molecule has 5 rings (SSSR count). The third kappa shape index (κ3) is 18.5. The van der Waals surface area contributed by atoms with Gasteiger partial charge in [0, 0.05) is 13.2 Å². The minimum absolute atomic E-state index is 0.0242. The van der Waals surface area contributed by atoms with E-state index in [-0.39, 0.29) is 36.8 Å². The van der Waals surface area contributed by atoms with Crippen molar-refractivity contribution >= 4 is 5.97 Å². The minimum atomic E-state index is -0.290. The SMILES string of the molecule is CCCCCCCCC=CCCCCCCCCOCC(CN1CCCCC1)OCCOCCOC(=O)CO[C@H]1CC[C@@]2(C)C(=CC[C@H]3[C@@H]4CC[C@H]([C@H](C)CCCC(C)C)[C@@]4(C)CC[C@@H]32)C1. The third-order valence-electron chi connectivity index (χ3n) is 17.8. The Morgan fingerprint density at radius 2 is 1.45 bits per heavy atom. The second-order valence-corrected chi connectivity index (χ2v) is 23.2. The summed E-state index contributed by atoms with van der Waals surface area (Å²) in [6.07, 6.45) is 44.2. The van der Waals surface area contributed by atoms with E-state index in [2.05, 4.69) is 64.7 Å². The molecule has 66 heavy (non-hydrogen) atoms. The maximum Gasteiger partial charge on any atom is 0.332 e. The molecule has 0 aromatic carbocycles. The summed E-state index contributed by atoms with van der Waals surface area (Å²) in [6.45, 7) is 21.2. The van der Waals surface area contributed by atoms with E-state index >= 15 is 0 Å². The molecule has 1 saturated heterocycles. The zero-order chi connectivity index (χ0) is 46.9. The van der Waals surface area contributed by atoms with Crippen molar-refractivity contribution in [2.24, 2.45) is 46.3 Å². The standard InChI is InChI=1S/C59H105NO6/c1-7-8-9-10-11-12-13-14-15-16-17-18-19-20-21-25-39-63-46-52(45-60-37-23-22-24-38-60)64-42-40-62-41-43-65-57(61)47-66-51-33-35-58(5)50(44-51)29-30-53-55-32-31-54(49(4)28-26-27-48(2)3)59(55,6)36-34-56(53)58/h14-15,29,48-49,51-56H,7-13,16-28,30-47H2,1-6H3/t49-,51+,52?,53+,54-,55+,56+,58+,59-/m1/s1. The molecule has 0 amide bonds. The van der Waals surface area contributed by atoms with Gasteiger partial charge in [-0.15, -0.1) is 0 Å². The van der Waals surface area contributed by atoms with Crippen LogP contribution in [0.4, 0.5) is 0 Å². The van der Waals surface area contributed by atoms with Crippen molar-refractivity contribution < 1.29 is 28.5 Å². The number of rotatable bonds is 35. The molecule has 9 atom stereocenters. The Morgan fingerprint density at radius 3 is 2.20 bits per heavy atom. The van der Waals surface area contributed by atoms with Gasteiger partial charge in [-0.25, -0.2) is 4.79 Å². The lowest BCUT2D eigenvalue weighted by atomic mass is 9.47. The van der Waals surface area contributed by atoms with E-state index < -0.39 is 0 Å². The lowest BCUT2D eigenvalue weighted by molar-refractivity contribution is -0.153. The van der Waals surface area contributed by atoms with Gasteiger partial charge in [0.15, 0.2) is 0 Å². The molecule has 4 aliphatic carbocycles. The van der Waals surface area contributed by atoms with Gasteiger partial charge in [-0.3, -0.25) is 0 Å². The molecule has 0 spiro atoms. The van der Waals surface area contributed by atoms with Crippen molar-refractivity contribution in [3.05, 3.63) is 23.8 Å². The van der Waals surface area contributed by atoms with Crippen LogP contribution in [0.15, 0.2) is 23.8 Å². The first kappa shape index (κ1) is 55.7. The molecule has 0 N–H and O–H groups in total. The monoisotopic (exact) mass is 924 g/mol. The average molecular weight is 924 g/mol. The highest BCUT2D eigenvalue weighted by molar-refractivity contribution is 5.70. The Kier molecular flexibility index (Phi) is 26.3. The van der Waals surface area contributed by atoms with E-state index in [0.29, 0.717) is 31.8 Å². The van der Waals surface area contributed by atoms with E-state index in [0.717, 1.165) is 81.0 Å². The molecule has 7 nitrogen and oxygen atoms in total. The van der Waals surface area contributed by atoms with Crippen LogP contribution >= 0.6 is 0 Å². The van der Waals surface area contributed by atoms with Crippen molar-refractivity contribution in [3.63, 3.8) is 0 Å². The van der Waals surface area contributed by atoms with Crippen molar-refractivity contribution in [2.75, 3.05) is 65.9 Å². The highest BCUT2D eigenvalue weighted by Gasteiger charge is 2.59. The van der Waals surface area contributed by atoms with Gasteiger partial charge in [0.25, 0.3) is 0 Å². The number of hydrogen-bond donors (Lipinski definition) is 0. The molecule has 5 aliphatic rings. The van der Waals surface area contributed by atoms with Gasteiger partial charge in [0.05, 0.1) is 38.6 Å². The third-order valence-corrected chi connectivity index (χ3v) is 17.8. The Labute approximate surface area is 407 Å². The van der Waals surface area contributed by atoms with Crippen LogP contribution < -0.4 is 0 Å². The molecule has 0 aromatic heterocycles. The van der Waals surface area contributed by atoms with Gasteiger partial charge in [-0.05, 0) is 156 Å². The zero-order valence-corrected chi connectivity index (χ0v) is 44.1. The predicted molar refractivity (Wildman–Crippen MR) is 275 cm³/mol. The molecule has 4 fully saturated rings. The van der Waals surface area contributed by atoms with Crippen LogP contribution in [-0.4, -0.2) is 89.0 Å². The normalized spacial score (nSPS) is 28.8. The molecule has 7 heteroatoms. The van der Waals surface area contributed by atoms with Crippen LogP contribution in [-0.2, 0) is 28.5 Å². The Morgan fingerprint density at radius 1 is 0.742 bits per heavy atom. The fourth-order valence-corrected chi connectivity index (χ4v) is 13.9. The number of allylic oxidation sites excluding steroid dienone is 3. The van der Waals surface area contributed by atoms with Gasteiger partial charge in [-0.2, -0.15) is 0 Å². The van der Waals surface area contributed by atoms with Gasteiger partial charge < -0.3 is 28.6 Å². The number of hydrogen-bond acceptors (Lipinski definition) is 7. The Balaban J connectivity index is 0.886. The summed E-state index contributed by atoms with van der Waals surface area (Å²) < 4.78 is 30.1. The van der Waals surface area contributed by atoms with E-state index in [1.165, 1.54) is 161 Å². The molecule has 1 heterocycles. The summed E-state index contributed by atoms with van der Waals surface area (Å²) in [7, 11) is 0. The van der Waals surface area contributed by atoms with Gasteiger partial charge in [0.2, 0.25) is 0 Å². The smallest absolute Gasteiger partial charge is 0.332 e. The quantitative estimate of drug-likeness (QED) is 0.0356. The number of piperidine rings is 1. The summed E-state index contributed by atoms with van der Waals surface area (Å²) in [5.74, 6) is 4.80. The first-order valence-corrected chi connectivity index (χ1v) is 28.7. The number of unbranched alkanes of at least 4 members (excludes halogenated alkanes) is 12. The first-order chi connectivity index (χ1) is 32.1. The summed E-state index contributed by atoms with van der Waals surface area (Å²) in [5, 5.41) is 0. The maximum absolute atomic E-state index is 12.7. The fourth-order valence-electron chi connectivity index (χ4n) is 13.9. The minimum Gasteiger partial charge on any atom is -0.462 e. The van der Waals surface area contributed by atoms with Crippen LogP contribution in [0.25, 0.3) is 0 Å². The molecule has 0 radical (unpaired) electrons. The van der Waals surface area contributed by atoms with Gasteiger partial charge >= 0.3 is 5.97 Å². The van der Waals surface area contributed by atoms with Crippen LogP contribution in [0, 0.1) is 46.3 Å². The number of carbonyl (C=O) groups excluding carboxylic acids is 1. The fraction of sp³-hybridized carbons (Fsp3) is 0.915. The Bertz CT molecular complexity index is 1360. The number of ether oxygens (including phenoxy) is 5. The van der Waals surface area contributed by atoms with Crippen molar-refractivity contribution in [1.82, 2.24) is 4.90 Å².